The van der Waals surface area contributed by atoms with E-state index in [-0.39, 0.29) is 17.2 Å². The van der Waals surface area contributed by atoms with E-state index in [1.54, 1.807) is 4.90 Å². The Morgan fingerprint density at radius 1 is 1.29 bits per heavy atom. The minimum absolute atomic E-state index is 0.0291. The number of carbonyl (C=O) groups excluding carboxylic acids is 2. The third kappa shape index (κ3) is 2.75. The number of thioether (sulfide) groups is 1. The molecule has 8 heteroatoms. The molecule has 0 aliphatic carbocycles. The maximum atomic E-state index is 12.7. The third-order valence-electron chi connectivity index (χ3n) is 4.65. The Morgan fingerprint density at radius 3 is 3.04 bits per heavy atom. The lowest BCUT2D eigenvalue weighted by Crippen LogP contribution is -2.35. The molecule has 0 aromatic carbocycles. The van der Waals surface area contributed by atoms with Gasteiger partial charge in [-0.25, -0.2) is 0 Å². The summed E-state index contributed by atoms with van der Waals surface area (Å²) in [6.07, 6.45) is 4.18. The summed E-state index contributed by atoms with van der Waals surface area (Å²) >= 11 is 1.33. The van der Waals surface area contributed by atoms with Crippen LogP contribution in [0.15, 0.2) is 24.4 Å². The second kappa shape index (κ2) is 6.43. The summed E-state index contributed by atoms with van der Waals surface area (Å²) < 4.78 is 1.96. The standard InChI is InChI=1S/C16H19N5O2S/c22-14(6-9-19-10-11-24-16(19)23)20-8-3-4-12(20)15-18-17-13-5-1-2-7-21(13)15/h1-2,5,7,12H,3-4,6,8-11H2/t12-/m0/s1. The normalized spacial score (nSPS) is 21.2. The lowest BCUT2D eigenvalue weighted by atomic mass is 10.2. The van der Waals surface area contributed by atoms with Crippen LogP contribution >= 0.6 is 11.8 Å². The third-order valence-corrected chi connectivity index (χ3v) is 5.54. The van der Waals surface area contributed by atoms with Gasteiger partial charge in [-0.2, -0.15) is 0 Å². The summed E-state index contributed by atoms with van der Waals surface area (Å²) in [5.41, 5.74) is 0.798. The van der Waals surface area contributed by atoms with Gasteiger partial charge in [-0.15, -0.1) is 10.2 Å². The minimum atomic E-state index is -0.0291. The van der Waals surface area contributed by atoms with Crippen molar-refractivity contribution in [3.63, 3.8) is 0 Å². The molecule has 2 aromatic heterocycles. The number of likely N-dealkylation sites (tertiary alicyclic amines) is 1. The molecule has 0 saturated carbocycles. The molecule has 7 nitrogen and oxygen atoms in total. The molecule has 2 amide bonds. The average molecular weight is 345 g/mol. The Morgan fingerprint density at radius 2 is 2.21 bits per heavy atom. The molecule has 4 heterocycles. The maximum absolute atomic E-state index is 12.7. The van der Waals surface area contributed by atoms with E-state index in [0.717, 1.165) is 43.2 Å². The highest BCUT2D eigenvalue weighted by Gasteiger charge is 2.33. The molecule has 0 N–H and O–H groups in total. The summed E-state index contributed by atoms with van der Waals surface area (Å²) in [6, 6.07) is 5.75. The highest BCUT2D eigenvalue weighted by atomic mass is 32.2. The van der Waals surface area contributed by atoms with Crippen LogP contribution in [0.25, 0.3) is 5.65 Å². The quantitative estimate of drug-likeness (QED) is 0.847. The maximum Gasteiger partial charge on any atom is 0.281 e. The van der Waals surface area contributed by atoms with Crippen molar-refractivity contribution < 1.29 is 9.59 Å². The number of amides is 2. The Balaban J connectivity index is 1.48. The van der Waals surface area contributed by atoms with Crippen LogP contribution in [0.5, 0.6) is 0 Å². The Kier molecular flexibility index (Phi) is 4.13. The Bertz CT molecular complexity index is 777. The highest BCUT2D eigenvalue weighted by Crippen LogP contribution is 2.31. The van der Waals surface area contributed by atoms with Crippen molar-refractivity contribution in [2.24, 2.45) is 0 Å². The zero-order chi connectivity index (χ0) is 16.5. The van der Waals surface area contributed by atoms with E-state index in [4.69, 9.17) is 0 Å². The van der Waals surface area contributed by atoms with Crippen LogP contribution < -0.4 is 0 Å². The predicted molar refractivity (Wildman–Crippen MR) is 90.7 cm³/mol. The first-order valence-corrected chi connectivity index (χ1v) is 9.23. The Hall–Kier alpha value is -2.09. The molecular weight excluding hydrogens is 326 g/mol. The molecule has 2 fully saturated rings. The molecule has 126 valence electrons. The van der Waals surface area contributed by atoms with Crippen molar-refractivity contribution in [1.82, 2.24) is 24.4 Å². The molecule has 4 rings (SSSR count). The van der Waals surface area contributed by atoms with Gasteiger partial charge in [0.2, 0.25) is 5.91 Å². The van der Waals surface area contributed by atoms with E-state index in [1.165, 1.54) is 11.8 Å². The van der Waals surface area contributed by atoms with E-state index >= 15 is 0 Å². The highest BCUT2D eigenvalue weighted by molar-refractivity contribution is 8.13. The second-order valence-electron chi connectivity index (χ2n) is 6.08. The minimum Gasteiger partial charge on any atom is -0.332 e. The van der Waals surface area contributed by atoms with Gasteiger partial charge in [0, 0.05) is 38.0 Å². The smallest absolute Gasteiger partial charge is 0.281 e. The van der Waals surface area contributed by atoms with Gasteiger partial charge in [0.05, 0.1) is 6.04 Å². The molecule has 0 unspecified atom stereocenters. The van der Waals surface area contributed by atoms with Crippen molar-refractivity contribution in [2.75, 3.05) is 25.4 Å². The van der Waals surface area contributed by atoms with Crippen LogP contribution in [0.1, 0.15) is 31.1 Å². The van der Waals surface area contributed by atoms with Crippen molar-refractivity contribution in [1.29, 1.82) is 0 Å². The van der Waals surface area contributed by atoms with Crippen molar-refractivity contribution >= 4 is 28.6 Å². The van der Waals surface area contributed by atoms with E-state index < -0.39 is 0 Å². The SMILES string of the molecule is O=C1SCCN1CCC(=O)N1CCC[C@H]1c1nnc2ccccn12. The molecule has 0 radical (unpaired) electrons. The fourth-order valence-electron chi connectivity index (χ4n) is 3.42. The number of pyridine rings is 1. The zero-order valence-electron chi connectivity index (χ0n) is 13.3. The van der Waals surface area contributed by atoms with Gasteiger partial charge in [-0.3, -0.25) is 14.0 Å². The fraction of sp³-hybridized carbons (Fsp3) is 0.500. The summed E-state index contributed by atoms with van der Waals surface area (Å²) in [6.45, 7) is 2.00. The lowest BCUT2D eigenvalue weighted by Gasteiger charge is -2.24. The van der Waals surface area contributed by atoms with Gasteiger partial charge in [0.15, 0.2) is 11.5 Å². The molecule has 24 heavy (non-hydrogen) atoms. The molecule has 0 bridgehead atoms. The Labute approximate surface area is 144 Å². The monoisotopic (exact) mass is 345 g/mol. The second-order valence-corrected chi connectivity index (χ2v) is 7.13. The summed E-state index contributed by atoms with van der Waals surface area (Å²) in [7, 11) is 0. The zero-order valence-corrected chi connectivity index (χ0v) is 14.1. The number of aromatic nitrogens is 3. The molecule has 1 atom stereocenters. The van der Waals surface area contributed by atoms with E-state index in [1.807, 2.05) is 33.7 Å². The first-order valence-electron chi connectivity index (χ1n) is 8.25. The van der Waals surface area contributed by atoms with Crippen LogP contribution in [-0.2, 0) is 4.79 Å². The number of fused-ring (bicyclic) bond motifs is 1. The van der Waals surface area contributed by atoms with Crippen molar-refractivity contribution in [3.05, 3.63) is 30.2 Å². The molecule has 0 spiro atoms. The average Bonchev–Trinajstić information content (AvgIpc) is 3.31. The van der Waals surface area contributed by atoms with Crippen LogP contribution in [0, 0.1) is 0 Å². The lowest BCUT2D eigenvalue weighted by molar-refractivity contribution is -0.132. The van der Waals surface area contributed by atoms with Gasteiger partial charge in [0.25, 0.3) is 5.24 Å². The van der Waals surface area contributed by atoms with Crippen LogP contribution in [0.4, 0.5) is 4.79 Å². The van der Waals surface area contributed by atoms with Gasteiger partial charge in [0.1, 0.15) is 0 Å². The number of hydrogen-bond acceptors (Lipinski definition) is 5. The van der Waals surface area contributed by atoms with Gasteiger partial charge in [-0.1, -0.05) is 17.8 Å². The van der Waals surface area contributed by atoms with Gasteiger partial charge >= 0.3 is 0 Å². The van der Waals surface area contributed by atoms with E-state index in [9.17, 15) is 9.59 Å². The topological polar surface area (TPSA) is 70.8 Å². The molecule has 2 aliphatic heterocycles. The summed E-state index contributed by atoms with van der Waals surface area (Å²) in [5.74, 6) is 1.74. The molecule has 2 saturated heterocycles. The van der Waals surface area contributed by atoms with Crippen LogP contribution in [0.2, 0.25) is 0 Å². The van der Waals surface area contributed by atoms with E-state index in [2.05, 4.69) is 10.2 Å². The largest absolute Gasteiger partial charge is 0.332 e. The van der Waals surface area contributed by atoms with E-state index in [0.29, 0.717) is 13.0 Å². The number of carbonyl (C=O) groups is 2. The van der Waals surface area contributed by atoms with Crippen LogP contribution in [0.3, 0.4) is 0 Å². The molecular formula is C16H19N5O2S. The fourth-order valence-corrected chi connectivity index (χ4v) is 4.28. The number of nitrogens with zero attached hydrogens (tertiary/aromatic N) is 5. The number of hydrogen-bond donors (Lipinski definition) is 0. The van der Waals surface area contributed by atoms with Gasteiger partial charge < -0.3 is 9.80 Å². The van der Waals surface area contributed by atoms with Crippen LogP contribution in [-0.4, -0.2) is 60.9 Å². The van der Waals surface area contributed by atoms with Crippen molar-refractivity contribution in [3.8, 4) is 0 Å². The van der Waals surface area contributed by atoms with Gasteiger partial charge in [-0.05, 0) is 25.0 Å². The first-order chi connectivity index (χ1) is 11.7. The predicted octanol–water partition coefficient (Wildman–Crippen LogP) is 1.95. The molecule has 2 aliphatic rings. The summed E-state index contributed by atoms with van der Waals surface area (Å²) in [5, 5.41) is 8.59. The summed E-state index contributed by atoms with van der Waals surface area (Å²) in [4.78, 5) is 28.0. The molecule has 2 aromatic rings. The van der Waals surface area contributed by atoms with Crippen molar-refractivity contribution in [2.45, 2.75) is 25.3 Å². The first kappa shape index (κ1) is 15.4. The number of rotatable bonds is 4.